The maximum absolute atomic E-state index is 3.88. The molecule has 0 N–H and O–H groups in total. The SMILES string of the molecule is CCC(Br)C1CCCCC1c1ccccc1. The second kappa shape index (κ2) is 5.86. The van der Waals surface area contributed by atoms with Crippen LogP contribution < -0.4 is 0 Å². The Kier molecular flexibility index (Phi) is 4.45. The molecule has 0 aromatic heterocycles. The number of benzene rings is 1. The van der Waals surface area contributed by atoms with Crippen LogP contribution in [0.25, 0.3) is 0 Å². The van der Waals surface area contributed by atoms with Crippen molar-refractivity contribution in [2.24, 2.45) is 5.92 Å². The Morgan fingerprint density at radius 1 is 1.19 bits per heavy atom. The zero-order valence-electron chi connectivity index (χ0n) is 10.0. The highest BCUT2D eigenvalue weighted by atomic mass is 79.9. The van der Waals surface area contributed by atoms with Gasteiger partial charge in [-0.25, -0.2) is 0 Å². The summed E-state index contributed by atoms with van der Waals surface area (Å²) in [5.41, 5.74) is 1.55. The van der Waals surface area contributed by atoms with Crippen LogP contribution in [0.1, 0.15) is 50.5 Å². The summed E-state index contributed by atoms with van der Waals surface area (Å²) < 4.78 is 0. The summed E-state index contributed by atoms with van der Waals surface area (Å²) >= 11 is 3.88. The van der Waals surface area contributed by atoms with E-state index in [2.05, 4.69) is 53.2 Å². The van der Waals surface area contributed by atoms with Gasteiger partial charge in [-0.1, -0.05) is 66.0 Å². The van der Waals surface area contributed by atoms with E-state index in [4.69, 9.17) is 0 Å². The van der Waals surface area contributed by atoms with Gasteiger partial charge in [0.05, 0.1) is 0 Å². The smallest absolute Gasteiger partial charge is 0.0177 e. The molecule has 0 aliphatic heterocycles. The summed E-state index contributed by atoms with van der Waals surface area (Å²) in [5, 5.41) is 0. The van der Waals surface area contributed by atoms with Gasteiger partial charge in [0, 0.05) is 4.83 Å². The molecule has 0 amide bonds. The molecule has 1 heteroatoms. The lowest BCUT2D eigenvalue weighted by Gasteiger charge is -2.35. The minimum Gasteiger partial charge on any atom is -0.0888 e. The fraction of sp³-hybridized carbons (Fsp3) is 0.600. The van der Waals surface area contributed by atoms with Gasteiger partial charge in [-0.2, -0.15) is 0 Å². The zero-order valence-corrected chi connectivity index (χ0v) is 11.6. The molecule has 0 heterocycles. The van der Waals surface area contributed by atoms with Crippen LogP contribution in [0.3, 0.4) is 0 Å². The fourth-order valence-corrected chi connectivity index (χ4v) is 3.64. The van der Waals surface area contributed by atoms with Gasteiger partial charge in [0.25, 0.3) is 0 Å². The second-order valence-electron chi connectivity index (χ2n) is 4.89. The Hall–Kier alpha value is -0.300. The molecule has 0 nitrogen and oxygen atoms in total. The van der Waals surface area contributed by atoms with Crippen LogP contribution in [0.15, 0.2) is 30.3 Å². The van der Waals surface area contributed by atoms with Crippen molar-refractivity contribution in [1.82, 2.24) is 0 Å². The first-order valence-corrected chi connectivity index (χ1v) is 7.43. The molecular weight excluding hydrogens is 260 g/mol. The summed E-state index contributed by atoms with van der Waals surface area (Å²) in [7, 11) is 0. The Morgan fingerprint density at radius 2 is 1.88 bits per heavy atom. The van der Waals surface area contributed by atoms with Crippen LogP contribution in [-0.2, 0) is 0 Å². The number of hydrogen-bond acceptors (Lipinski definition) is 0. The minimum absolute atomic E-state index is 0.693. The Labute approximate surface area is 108 Å². The maximum Gasteiger partial charge on any atom is 0.0177 e. The third-order valence-electron chi connectivity index (χ3n) is 3.90. The van der Waals surface area contributed by atoms with E-state index in [-0.39, 0.29) is 0 Å². The Balaban J connectivity index is 2.16. The van der Waals surface area contributed by atoms with Crippen molar-refractivity contribution < 1.29 is 0 Å². The van der Waals surface area contributed by atoms with Crippen LogP contribution in [-0.4, -0.2) is 4.83 Å². The van der Waals surface area contributed by atoms with Gasteiger partial charge < -0.3 is 0 Å². The largest absolute Gasteiger partial charge is 0.0888 e. The molecule has 1 aromatic rings. The van der Waals surface area contributed by atoms with Crippen LogP contribution in [0.5, 0.6) is 0 Å². The average Bonchev–Trinajstić information content (AvgIpc) is 2.39. The zero-order chi connectivity index (χ0) is 11.4. The predicted molar refractivity (Wildman–Crippen MR) is 74.1 cm³/mol. The van der Waals surface area contributed by atoms with Gasteiger partial charge >= 0.3 is 0 Å². The van der Waals surface area contributed by atoms with Crippen LogP contribution in [0.2, 0.25) is 0 Å². The van der Waals surface area contributed by atoms with E-state index in [1.807, 2.05) is 0 Å². The first-order chi connectivity index (χ1) is 7.83. The molecule has 3 atom stereocenters. The van der Waals surface area contributed by atoms with Crippen LogP contribution in [0, 0.1) is 5.92 Å². The molecule has 2 rings (SSSR count). The summed E-state index contributed by atoms with van der Waals surface area (Å²) in [5.74, 6) is 1.61. The molecule has 3 unspecified atom stereocenters. The van der Waals surface area contributed by atoms with Gasteiger partial charge in [-0.15, -0.1) is 0 Å². The molecule has 0 saturated heterocycles. The Morgan fingerprint density at radius 3 is 2.56 bits per heavy atom. The van der Waals surface area contributed by atoms with Gasteiger partial charge in [0.1, 0.15) is 0 Å². The fourth-order valence-electron chi connectivity index (χ4n) is 3.01. The van der Waals surface area contributed by atoms with E-state index < -0.39 is 0 Å². The van der Waals surface area contributed by atoms with Gasteiger partial charge in [0.15, 0.2) is 0 Å². The molecule has 16 heavy (non-hydrogen) atoms. The Bertz CT molecular complexity index is 306. The molecule has 88 valence electrons. The highest BCUT2D eigenvalue weighted by Crippen LogP contribution is 2.42. The quantitative estimate of drug-likeness (QED) is 0.673. The third kappa shape index (κ3) is 2.68. The summed E-state index contributed by atoms with van der Waals surface area (Å²) in [6.45, 7) is 2.29. The lowest BCUT2D eigenvalue weighted by atomic mass is 9.73. The van der Waals surface area contributed by atoms with E-state index in [0.29, 0.717) is 4.83 Å². The van der Waals surface area contributed by atoms with E-state index in [0.717, 1.165) is 11.8 Å². The van der Waals surface area contributed by atoms with Crippen LogP contribution >= 0.6 is 15.9 Å². The topological polar surface area (TPSA) is 0 Å². The highest BCUT2D eigenvalue weighted by Gasteiger charge is 2.30. The molecule has 1 aliphatic rings. The number of hydrogen-bond donors (Lipinski definition) is 0. The monoisotopic (exact) mass is 280 g/mol. The van der Waals surface area contributed by atoms with Gasteiger partial charge in [-0.3, -0.25) is 0 Å². The van der Waals surface area contributed by atoms with E-state index >= 15 is 0 Å². The lowest BCUT2D eigenvalue weighted by Crippen LogP contribution is -2.25. The molecule has 0 spiro atoms. The first-order valence-electron chi connectivity index (χ1n) is 6.52. The standard InChI is InChI=1S/C15H21Br/c1-2-15(16)14-11-7-6-10-13(14)12-8-4-3-5-9-12/h3-5,8-9,13-15H,2,6-7,10-11H2,1H3. The van der Waals surface area contributed by atoms with Gasteiger partial charge in [0.2, 0.25) is 0 Å². The highest BCUT2D eigenvalue weighted by molar-refractivity contribution is 9.09. The molecule has 0 radical (unpaired) electrons. The van der Waals surface area contributed by atoms with E-state index in [1.54, 1.807) is 5.56 Å². The first kappa shape index (κ1) is 12.2. The summed E-state index contributed by atoms with van der Waals surface area (Å²) in [6, 6.07) is 11.1. The molecule has 1 aromatic carbocycles. The van der Waals surface area contributed by atoms with Crippen molar-refractivity contribution in [2.75, 3.05) is 0 Å². The minimum atomic E-state index is 0.693. The maximum atomic E-state index is 3.88. The number of alkyl halides is 1. The molecule has 0 bridgehead atoms. The lowest BCUT2D eigenvalue weighted by molar-refractivity contribution is 0.299. The molecule has 1 aliphatic carbocycles. The van der Waals surface area contributed by atoms with Crippen molar-refractivity contribution in [3.63, 3.8) is 0 Å². The van der Waals surface area contributed by atoms with E-state index in [1.165, 1.54) is 32.1 Å². The summed E-state index contributed by atoms with van der Waals surface area (Å²) in [6.07, 6.45) is 6.82. The van der Waals surface area contributed by atoms with Crippen molar-refractivity contribution in [3.05, 3.63) is 35.9 Å². The molecule has 1 saturated carbocycles. The van der Waals surface area contributed by atoms with Crippen molar-refractivity contribution >= 4 is 15.9 Å². The van der Waals surface area contributed by atoms with Crippen molar-refractivity contribution in [1.29, 1.82) is 0 Å². The van der Waals surface area contributed by atoms with Crippen molar-refractivity contribution in [2.45, 2.75) is 49.8 Å². The number of halogens is 1. The van der Waals surface area contributed by atoms with Crippen LogP contribution in [0.4, 0.5) is 0 Å². The number of rotatable bonds is 3. The average molecular weight is 281 g/mol. The molecule has 1 fully saturated rings. The van der Waals surface area contributed by atoms with E-state index in [9.17, 15) is 0 Å². The predicted octanol–water partition coefficient (Wildman–Crippen LogP) is 5.13. The van der Waals surface area contributed by atoms with Crippen molar-refractivity contribution in [3.8, 4) is 0 Å². The molecular formula is C15H21Br. The third-order valence-corrected chi connectivity index (χ3v) is 5.23. The summed E-state index contributed by atoms with van der Waals surface area (Å²) in [4.78, 5) is 0.693. The normalized spacial score (nSPS) is 27.6. The second-order valence-corrected chi connectivity index (χ2v) is 6.07. The van der Waals surface area contributed by atoms with Gasteiger partial charge in [-0.05, 0) is 36.7 Å².